The Morgan fingerprint density at radius 3 is 2.88 bits per heavy atom. The molecule has 2 rings (SSSR count). The van der Waals surface area contributed by atoms with Crippen LogP contribution in [0.25, 0.3) is 0 Å². The molecule has 90 valence electrons. The Balaban J connectivity index is 2.11. The van der Waals surface area contributed by atoms with Crippen LogP contribution in [0.15, 0.2) is 30.4 Å². The molecule has 0 unspecified atom stereocenters. The highest BCUT2D eigenvalue weighted by molar-refractivity contribution is 5.86. The Morgan fingerprint density at radius 1 is 1.35 bits per heavy atom. The summed E-state index contributed by atoms with van der Waals surface area (Å²) >= 11 is 0. The van der Waals surface area contributed by atoms with Crippen LogP contribution in [-0.2, 0) is 17.6 Å². The Bertz CT molecular complexity index is 452. The monoisotopic (exact) mass is 231 g/mol. The highest BCUT2D eigenvalue weighted by Gasteiger charge is 2.13. The van der Waals surface area contributed by atoms with Crippen molar-refractivity contribution in [2.45, 2.75) is 25.7 Å². The molecule has 0 atom stereocenters. The predicted octanol–water partition coefficient (Wildman–Crippen LogP) is 2.62. The highest BCUT2D eigenvalue weighted by atomic mass is 16.4. The van der Waals surface area contributed by atoms with Gasteiger partial charge in [0.2, 0.25) is 0 Å². The maximum absolute atomic E-state index is 10.7. The lowest BCUT2D eigenvalue weighted by molar-refractivity contribution is -0.132. The van der Waals surface area contributed by atoms with Crippen molar-refractivity contribution in [3.63, 3.8) is 0 Å². The van der Waals surface area contributed by atoms with E-state index in [1.807, 2.05) is 12.1 Å². The van der Waals surface area contributed by atoms with E-state index in [2.05, 4.69) is 18.0 Å². The average Bonchev–Trinajstić information content (AvgIpc) is 2.35. The molecule has 1 aromatic carbocycles. The van der Waals surface area contributed by atoms with Crippen molar-refractivity contribution in [2.75, 3.05) is 11.9 Å². The van der Waals surface area contributed by atoms with E-state index in [0.29, 0.717) is 6.54 Å². The van der Waals surface area contributed by atoms with Crippen molar-refractivity contribution < 1.29 is 9.90 Å². The van der Waals surface area contributed by atoms with Crippen LogP contribution >= 0.6 is 0 Å². The van der Waals surface area contributed by atoms with Gasteiger partial charge in [-0.1, -0.05) is 18.7 Å². The van der Waals surface area contributed by atoms with Gasteiger partial charge in [0, 0.05) is 17.8 Å². The molecule has 1 aliphatic rings. The molecule has 0 fully saturated rings. The van der Waals surface area contributed by atoms with Crippen molar-refractivity contribution in [2.24, 2.45) is 0 Å². The van der Waals surface area contributed by atoms with Gasteiger partial charge in [0.05, 0.1) is 0 Å². The molecule has 3 nitrogen and oxygen atoms in total. The van der Waals surface area contributed by atoms with Crippen molar-refractivity contribution in [1.29, 1.82) is 0 Å². The number of fused-ring (bicyclic) bond motifs is 1. The molecule has 1 aromatic rings. The van der Waals surface area contributed by atoms with Crippen molar-refractivity contribution in [3.8, 4) is 0 Å². The molecular formula is C14H17NO2. The molecule has 1 aliphatic carbocycles. The molecule has 17 heavy (non-hydrogen) atoms. The van der Waals surface area contributed by atoms with Crippen LogP contribution in [-0.4, -0.2) is 17.6 Å². The minimum atomic E-state index is -0.942. The van der Waals surface area contributed by atoms with Gasteiger partial charge in [-0.25, -0.2) is 4.79 Å². The molecule has 0 amide bonds. The second-order valence-corrected chi connectivity index (χ2v) is 4.41. The highest BCUT2D eigenvalue weighted by Crippen LogP contribution is 2.27. The summed E-state index contributed by atoms with van der Waals surface area (Å²) in [5.74, 6) is -0.942. The number of aryl methyl sites for hydroxylation is 1. The SMILES string of the molecule is C=C(CNc1cccc2c1CCCC2)C(=O)O. The largest absolute Gasteiger partial charge is 0.478 e. The molecule has 0 aliphatic heterocycles. The zero-order chi connectivity index (χ0) is 12.3. The molecule has 0 heterocycles. The average molecular weight is 231 g/mol. The zero-order valence-electron chi connectivity index (χ0n) is 9.83. The Labute approximate surface area is 101 Å². The van der Waals surface area contributed by atoms with Crippen molar-refractivity contribution >= 4 is 11.7 Å². The van der Waals surface area contributed by atoms with E-state index in [0.717, 1.165) is 18.5 Å². The number of carbonyl (C=O) groups is 1. The standard InChI is InChI=1S/C14H17NO2/c1-10(14(16)17)9-15-13-8-4-6-11-5-2-3-7-12(11)13/h4,6,8,15H,1-3,5,7,9H2,(H,16,17). The van der Waals surface area contributed by atoms with Crippen LogP contribution in [0.5, 0.6) is 0 Å². The van der Waals surface area contributed by atoms with E-state index in [9.17, 15) is 4.79 Å². The summed E-state index contributed by atoms with van der Waals surface area (Å²) in [6.07, 6.45) is 4.67. The van der Waals surface area contributed by atoms with Crippen LogP contribution < -0.4 is 5.32 Å². The van der Waals surface area contributed by atoms with E-state index in [1.54, 1.807) is 0 Å². The number of aliphatic carboxylic acids is 1. The molecule has 0 spiro atoms. The van der Waals surface area contributed by atoms with Gasteiger partial charge in [-0.05, 0) is 42.9 Å². The van der Waals surface area contributed by atoms with Crippen LogP contribution in [0.4, 0.5) is 5.69 Å². The second-order valence-electron chi connectivity index (χ2n) is 4.41. The summed E-state index contributed by atoms with van der Waals surface area (Å²) in [6, 6.07) is 6.20. The first-order valence-corrected chi connectivity index (χ1v) is 5.94. The van der Waals surface area contributed by atoms with Gasteiger partial charge in [0.15, 0.2) is 0 Å². The van der Waals surface area contributed by atoms with Crippen LogP contribution in [0.2, 0.25) is 0 Å². The number of nitrogens with one attached hydrogen (secondary N) is 1. The molecule has 0 saturated heterocycles. The number of benzene rings is 1. The molecule has 0 saturated carbocycles. The number of hydrogen-bond donors (Lipinski definition) is 2. The third-order valence-corrected chi connectivity index (χ3v) is 3.19. The van der Waals surface area contributed by atoms with Gasteiger partial charge in [-0.15, -0.1) is 0 Å². The fraction of sp³-hybridized carbons (Fsp3) is 0.357. The quantitative estimate of drug-likeness (QED) is 0.783. The number of rotatable bonds is 4. The summed E-state index contributed by atoms with van der Waals surface area (Å²) in [7, 11) is 0. The molecular weight excluding hydrogens is 214 g/mol. The summed E-state index contributed by atoms with van der Waals surface area (Å²) in [5.41, 5.74) is 3.99. The van der Waals surface area contributed by atoms with Gasteiger partial charge in [-0.3, -0.25) is 0 Å². The molecule has 0 bridgehead atoms. The smallest absolute Gasteiger partial charge is 0.332 e. The molecule has 3 heteroatoms. The van der Waals surface area contributed by atoms with E-state index >= 15 is 0 Å². The Morgan fingerprint density at radius 2 is 2.12 bits per heavy atom. The van der Waals surface area contributed by atoms with Crippen molar-refractivity contribution in [3.05, 3.63) is 41.5 Å². The fourth-order valence-electron chi connectivity index (χ4n) is 2.22. The van der Waals surface area contributed by atoms with E-state index in [-0.39, 0.29) is 5.57 Å². The minimum absolute atomic E-state index is 0.193. The van der Waals surface area contributed by atoms with Crippen LogP contribution in [0, 0.1) is 0 Å². The third kappa shape index (κ3) is 2.67. The summed E-state index contributed by atoms with van der Waals surface area (Å²) in [5, 5.41) is 11.9. The molecule has 0 aromatic heterocycles. The van der Waals surface area contributed by atoms with Crippen LogP contribution in [0.3, 0.4) is 0 Å². The Hall–Kier alpha value is -1.77. The first-order valence-electron chi connectivity index (χ1n) is 5.94. The number of carboxylic acids is 1. The van der Waals surface area contributed by atoms with Gasteiger partial charge >= 0.3 is 5.97 Å². The maximum Gasteiger partial charge on any atom is 0.332 e. The molecule has 0 radical (unpaired) electrons. The number of anilines is 1. The van der Waals surface area contributed by atoms with Gasteiger partial charge < -0.3 is 10.4 Å². The lowest BCUT2D eigenvalue weighted by atomic mass is 9.90. The second kappa shape index (κ2) is 5.04. The maximum atomic E-state index is 10.7. The van der Waals surface area contributed by atoms with E-state index in [1.165, 1.54) is 24.0 Å². The minimum Gasteiger partial charge on any atom is -0.478 e. The first kappa shape index (κ1) is 11.7. The molecule has 2 N–H and O–H groups in total. The summed E-state index contributed by atoms with van der Waals surface area (Å²) < 4.78 is 0. The lowest BCUT2D eigenvalue weighted by Crippen LogP contribution is -2.14. The summed E-state index contributed by atoms with van der Waals surface area (Å²) in [6.45, 7) is 3.82. The number of carboxylic acid groups (broad SMARTS) is 1. The Kier molecular flexibility index (Phi) is 3.47. The number of hydrogen-bond acceptors (Lipinski definition) is 2. The zero-order valence-corrected chi connectivity index (χ0v) is 9.83. The van der Waals surface area contributed by atoms with Crippen molar-refractivity contribution in [1.82, 2.24) is 0 Å². The van der Waals surface area contributed by atoms with Crippen LogP contribution in [0.1, 0.15) is 24.0 Å². The van der Waals surface area contributed by atoms with E-state index < -0.39 is 5.97 Å². The van der Waals surface area contributed by atoms with E-state index in [4.69, 9.17) is 5.11 Å². The van der Waals surface area contributed by atoms with Gasteiger partial charge in [0.1, 0.15) is 0 Å². The normalized spacial score (nSPS) is 13.9. The third-order valence-electron chi connectivity index (χ3n) is 3.19. The lowest BCUT2D eigenvalue weighted by Gasteiger charge is -2.20. The van der Waals surface area contributed by atoms with Gasteiger partial charge in [-0.2, -0.15) is 0 Å². The van der Waals surface area contributed by atoms with Gasteiger partial charge in [0.25, 0.3) is 0 Å². The topological polar surface area (TPSA) is 49.3 Å². The summed E-state index contributed by atoms with van der Waals surface area (Å²) in [4.78, 5) is 10.7. The predicted molar refractivity (Wildman–Crippen MR) is 68.3 cm³/mol. The first-order chi connectivity index (χ1) is 8.18. The fourth-order valence-corrected chi connectivity index (χ4v) is 2.22.